The molecule has 1 aromatic carbocycles. The van der Waals surface area contributed by atoms with Gasteiger partial charge >= 0.3 is 11.8 Å². The molecule has 20 heavy (non-hydrogen) atoms. The van der Waals surface area contributed by atoms with Crippen LogP contribution in [0.15, 0.2) is 40.9 Å². The number of carbonyl (C=O) groups excluding carboxylic acids is 2. The highest BCUT2D eigenvalue weighted by Crippen LogP contribution is 2.27. The fraction of sp³-hybridized carbons (Fsp3) is 0.333. The summed E-state index contributed by atoms with van der Waals surface area (Å²) in [6.07, 6.45) is 4.35. The lowest BCUT2D eigenvalue weighted by atomic mass is 10.2. The summed E-state index contributed by atoms with van der Waals surface area (Å²) < 4.78 is 0.150. The van der Waals surface area contributed by atoms with Crippen LogP contribution < -0.4 is 10.0 Å². The van der Waals surface area contributed by atoms with Crippen LogP contribution >= 0.6 is 15.9 Å². The van der Waals surface area contributed by atoms with E-state index in [0.29, 0.717) is 6.54 Å². The third-order valence-corrected chi connectivity index (χ3v) is 4.02. The van der Waals surface area contributed by atoms with Crippen molar-refractivity contribution in [2.24, 2.45) is 0 Å². The van der Waals surface area contributed by atoms with Gasteiger partial charge in [-0.2, -0.15) is 5.43 Å². The Hall–Kier alpha value is -1.46. The zero-order chi connectivity index (χ0) is 14.6. The van der Waals surface area contributed by atoms with Crippen molar-refractivity contribution in [1.29, 1.82) is 0 Å². The van der Waals surface area contributed by atoms with Gasteiger partial charge in [-0.3, -0.25) is 4.79 Å². The van der Waals surface area contributed by atoms with Crippen LogP contribution in [0.4, 0.5) is 5.69 Å². The van der Waals surface area contributed by atoms with Crippen molar-refractivity contribution in [3.63, 3.8) is 0 Å². The molecular formula is C15H18BrN2O2+. The van der Waals surface area contributed by atoms with Crippen molar-refractivity contribution in [3.8, 4) is 0 Å². The molecule has 1 heterocycles. The number of unbranched alkanes of at least 4 members (excludes halogenated alkanes) is 2. The fourth-order valence-corrected chi connectivity index (χ4v) is 2.62. The van der Waals surface area contributed by atoms with Crippen molar-refractivity contribution in [2.45, 2.75) is 26.2 Å². The minimum absolute atomic E-state index is 0.126. The zero-order valence-electron chi connectivity index (χ0n) is 11.4. The predicted molar refractivity (Wildman–Crippen MR) is 82.8 cm³/mol. The second-order valence-corrected chi connectivity index (χ2v) is 5.70. The summed E-state index contributed by atoms with van der Waals surface area (Å²) in [6, 6.07) is 9.40. The summed E-state index contributed by atoms with van der Waals surface area (Å²) in [5.74, 6) is -0.385. The lowest BCUT2D eigenvalue weighted by Crippen LogP contribution is -2.67. The summed E-state index contributed by atoms with van der Waals surface area (Å²) in [5, 5.41) is 0. The SMILES string of the molecule is CCCCC[N+]1(c2ccccc2)NC(=O)C(Br)=CC1=O. The van der Waals surface area contributed by atoms with Gasteiger partial charge in [-0.1, -0.05) is 31.5 Å². The maximum absolute atomic E-state index is 12.5. The van der Waals surface area contributed by atoms with E-state index in [9.17, 15) is 9.59 Å². The van der Waals surface area contributed by atoms with E-state index in [-0.39, 0.29) is 20.9 Å². The minimum Gasteiger partial charge on any atom is -0.264 e. The monoisotopic (exact) mass is 337 g/mol. The number of hydrogen-bond donors (Lipinski definition) is 1. The van der Waals surface area contributed by atoms with Gasteiger partial charge in [0, 0.05) is 12.1 Å². The number of hydrogen-bond acceptors (Lipinski definition) is 2. The second-order valence-electron chi connectivity index (χ2n) is 4.85. The molecule has 106 valence electrons. The highest BCUT2D eigenvalue weighted by atomic mass is 79.9. The molecular weight excluding hydrogens is 320 g/mol. The Morgan fingerprint density at radius 2 is 1.85 bits per heavy atom. The molecule has 1 aromatic rings. The molecule has 1 N–H and O–H groups in total. The average molecular weight is 338 g/mol. The van der Waals surface area contributed by atoms with Gasteiger partial charge in [-0.25, -0.2) is 4.79 Å². The average Bonchev–Trinajstić information content (AvgIpc) is 2.45. The van der Waals surface area contributed by atoms with E-state index in [1.165, 1.54) is 6.08 Å². The highest BCUT2D eigenvalue weighted by molar-refractivity contribution is 9.12. The van der Waals surface area contributed by atoms with Crippen LogP contribution in [-0.4, -0.2) is 18.4 Å². The Morgan fingerprint density at radius 3 is 2.50 bits per heavy atom. The Balaban J connectivity index is 2.40. The smallest absolute Gasteiger partial charge is 0.264 e. The van der Waals surface area contributed by atoms with Crippen LogP contribution in [0.5, 0.6) is 0 Å². The maximum atomic E-state index is 12.5. The molecule has 0 saturated heterocycles. The molecule has 0 aliphatic carbocycles. The Kier molecular flexibility index (Phi) is 4.73. The Bertz CT molecular complexity index is 542. The molecule has 1 aliphatic rings. The van der Waals surface area contributed by atoms with Crippen molar-refractivity contribution in [1.82, 2.24) is 10.0 Å². The van der Waals surface area contributed by atoms with Gasteiger partial charge in [-0.05, 0) is 28.8 Å². The molecule has 0 spiro atoms. The first-order chi connectivity index (χ1) is 9.60. The highest BCUT2D eigenvalue weighted by Gasteiger charge is 2.44. The number of rotatable bonds is 5. The van der Waals surface area contributed by atoms with Crippen molar-refractivity contribution < 1.29 is 9.59 Å². The molecule has 2 amide bonds. The standard InChI is InChI=1S/C15H17BrN2O2/c1-2-3-7-10-18(12-8-5-4-6-9-12)14(19)11-13(16)15(20)17-18/h4-6,8-9,11H,2-3,7,10H2,1H3/p+1. The minimum atomic E-state index is -0.259. The van der Waals surface area contributed by atoms with E-state index in [1.807, 2.05) is 30.3 Å². The Morgan fingerprint density at radius 1 is 1.15 bits per heavy atom. The van der Waals surface area contributed by atoms with Gasteiger partial charge in [0.1, 0.15) is 6.54 Å². The van der Waals surface area contributed by atoms with E-state index in [0.717, 1.165) is 24.9 Å². The molecule has 4 nitrogen and oxygen atoms in total. The molecule has 1 aliphatic heterocycles. The third-order valence-electron chi connectivity index (χ3n) is 3.43. The molecule has 0 bridgehead atoms. The van der Waals surface area contributed by atoms with Gasteiger partial charge < -0.3 is 0 Å². The van der Waals surface area contributed by atoms with Crippen LogP contribution in [0.1, 0.15) is 26.2 Å². The van der Waals surface area contributed by atoms with E-state index >= 15 is 0 Å². The van der Waals surface area contributed by atoms with Crippen molar-refractivity contribution in [3.05, 3.63) is 40.9 Å². The van der Waals surface area contributed by atoms with Crippen LogP contribution in [0, 0.1) is 0 Å². The Labute approximate surface area is 127 Å². The number of nitrogens with one attached hydrogen (secondary N) is 1. The molecule has 0 fully saturated rings. The van der Waals surface area contributed by atoms with E-state index in [2.05, 4.69) is 28.3 Å². The van der Waals surface area contributed by atoms with Gasteiger partial charge in [0.15, 0.2) is 5.69 Å². The number of amides is 2. The number of carbonyl (C=O) groups is 2. The number of quaternary nitrogens is 1. The van der Waals surface area contributed by atoms with Crippen LogP contribution in [-0.2, 0) is 9.59 Å². The molecule has 0 saturated carbocycles. The van der Waals surface area contributed by atoms with Gasteiger partial charge in [0.05, 0.1) is 10.6 Å². The van der Waals surface area contributed by atoms with E-state index in [1.54, 1.807) is 0 Å². The van der Waals surface area contributed by atoms with Crippen molar-refractivity contribution in [2.75, 3.05) is 6.54 Å². The fourth-order valence-electron chi connectivity index (χ4n) is 2.33. The normalized spacial score (nSPS) is 22.4. The second kappa shape index (κ2) is 6.33. The summed E-state index contributed by atoms with van der Waals surface area (Å²) in [5.41, 5.74) is 3.63. The molecule has 1 atom stereocenters. The first-order valence-corrected chi connectivity index (χ1v) is 7.57. The lowest BCUT2D eigenvalue weighted by molar-refractivity contribution is -0.136. The van der Waals surface area contributed by atoms with Gasteiger partial charge in [0.2, 0.25) is 0 Å². The third kappa shape index (κ3) is 2.83. The number of benzene rings is 1. The lowest BCUT2D eigenvalue weighted by Gasteiger charge is -2.35. The quantitative estimate of drug-likeness (QED) is 0.663. The molecule has 1 unspecified atom stereocenters. The van der Waals surface area contributed by atoms with Crippen LogP contribution in [0.25, 0.3) is 0 Å². The predicted octanol–water partition coefficient (Wildman–Crippen LogP) is 3.03. The van der Waals surface area contributed by atoms with E-state index in [4.69, 9.17) is 0 Å². The molecule has 5 heteroatoms. The van der Waals surface area contributed by atoms with Crippen LogP contribution in [0.2, 0.25) is 0 Å². The first kappa shape index (κ1) is 14.9. The topological polar surface area (TPSA) is 46.2 Å². The number of nitrogens with zero attached hydrogens (tertiary/aromatic N) is 1. The molecule has 0 aromatic heterocycles. The van der Waals surface area contributed by atoms with Gasteiger partial charge in [0.25, 0.3) is 0 Å². The number of para-hydroxylation sites is 1. The van der Waals surface area contributed by atoms with Crippen LogP contribution in [0.3, 0.4) is 0 Å². The maximum Gasteiger partial charge on any atom is 0.369 e. The van der Waals surface area contributed by atoms with E-state index < -0.39 is 0 Å². The zero-order valence-corrected chi connectivity index (χ0v) is 13.0. The summed E-state index contributed by atoms with van der Waals surface area (Å²) in [7, 11) is 0. The molecule has 2 rings (SSSR count). The molecule has 0 radical (unpaired) electrons. The first-order valence-electron chi connectivity index (χ1n) is 6.78. The van der Waals surface area contributed by atoms with Gasteiger partial charge in [-0.15, -0.1) is 4.59 Å². The van der Waals surface area contributed by atoms with Crippen molar-refractivity contribution >= 4 is 33.4 Å². The largest absolute Gasteiger partial charge is 0.369 e. The number of halogens is 1. The summed E-state index contributed by atoms with van der Waals surface area (Å²) >= 11 is 3.12. The summed E-state index contributed by atoms with van der Waals surface area (Å²) in [4.78, 5) is 24.5. The summed E-state index contributed by atoms with van der Waals surface area (Å²) in [6.45, 7) is 2.68.